The summed E-state index contributed by atoms with van der Waals surface area (Å²) in [5.74, 6) is 1.53. The molecule has 1 aromatic carbocycles. The number of benzene rings is 1. The molecule has 176 valence electrons. The highest BCUT2D eigenvalue weighted by molar-refractivity contribution is 7.99. The number of piperazine rings is 1. The molecule has 1 aliphatic rings. The van der Waals surface area contributed by atoms with Gasteiger partial charge in [0.2, 0.25) is 5.95 Å². The van der Waals surface area contributed by atoms with Crippen LogP contribution in [0.4, 0.5) is 11.6 Å². The van der Waals surface area contributed by atoms with E-state index in [1.807, 2.05) is 22.8 Å². The number of hydrogen-bond acceptors (Lipinski definition) is 8. The molecule has 0 bridgehead atoms. The highest BCUT2D eigenvalue weighted by Gasteiger charge is 2.25. The van der Waals surface area contributed by atoms with Gasteiger partial charge in [0.05, 0.1) is 0 Å². The monoisotopic (exact) mass is 478 g/mol. The Morgan fingerprint density at radius 3 is 2.41 bits per heavy atom. The standard InChI is InChI=1S/C23H26N8O2S/c1-28-19-18(20(32)27-23(28)33)31(11-6-16-34-21-24-9-5-10-25-21)22(26-19)30-14-12-29(13-15-30)17-7-3-2-4-8-17/h2-5,7-10H,6,11-16H2,1H3,(H,27,32,33). The van der Waals surface area contributed by atoms with Crippen LogP contribution in [0.1, 0.15) is 6.42 Å². The van der Waals surface area contributed by atoms with Crippen LogP contribution in [0, 0.1) is 0 Å². The molecule has 0 atom stereocenters. The Hall–Kier alpha value is -3.60. The first-order chi connectivity index (χ1) is 16.6. The lowest BCUT2D eigenvalue weighted by Gasteiger charge is -2.36. The second kappa shape index (κ2) is 9.72. The van der Waals surface area contributed by atoms with Gasteiger partial charge < -0.3 is 14.4 Å². The molecule has 1 N–H and O–H groups in total. The quantitative estimate of drug-likeness (QED) is 0.243. The molecule has 4 heterocycles. The summed E-state index contributed by atoms with van der Waals surface area (Å²) in [6.45, 7) is 3.85. The number of aromatic nitrogens is 6. The Kier molecular flexibility index (Phi) is 6.35. The molecule has 1 aliphatic heterocycles. The molecule has 4 aromatic rings. The van der Waals surface area contributed by atoms with Crippen molar-refractivity contribution in [3.05, 3.63) is 69.6 Å². The van der Waals surface area contributed by atoms with Crippen molar-refractivity contribution in [2.45, 2.75) is 18.1 Å². The van der Waals surface area contributed by atoms with E-state index in [9.17, 15) is 9.59 Å². The van der Waals surface area contributed by atoms with E-state index >= 15 is 0 Å². The van der Waals surface area contributed by atoms with Crippen molar-refractivity contribution < 1.29 is 0 Å². The zero-order valence-corrected chi connectivity index (χ0v) is 19.7. The van der Waals surface area contributed by atoms with Crippen LogP contribution in [0.2, 0.25) is 0 Å². The Balaban J connectivity index is 1.39. The van der Waals surface area contributed by atoms with Crippen molar-refractivity contribution in [1.29, 1.82) is 0 Å². The summed E-state index contributed by atoms with van der Waals surface area (Å²) in [5, 5.41) is 0.732. The van der Waals surface area contributed by atoms with E-state index in [0.717, 1.165) is 49.5 Å². The Labute approximate surface area is 200 Å². The SMILES string of the molecule is Cn1c(=O)[nH]c(=O)c2c1nc(N1CCN(c3ccccc3)CC1)n2CCCSc1ncccn1. The second-order valence-electron chi connectivity index (χ2n) is 8.10. The third-order valence-corrected chi connectivity index (χ3v) is 6.93. The van der Waals surface area contributed by atoms with Crippen LogP contribution in [-0.4, -0.2) is 61.0 Å². The van der Waals surface area contributed by atoms with E-state index in [-0.39, 0.29) is 0 Å². The molecular formula is C23H26N8O2S. The molecule has 0 saturated carbocycles. The smallest absolute Gasteiger partial charge is 0.329 e. The summed E-state index contributed by atoms with van der Waals surface area (Å²) in [6, 6.07) is 12.1. The minimum Gasteiger partial charge on any atom is -0.368 e. The minimum absolute atomic E-state index is 0.404. The van der Waals surface area contributed by atoms with E-state index < -0.39 is 11.2 Å². The van der Waals surface area contributed by atoms with E-state index in [4.69, 9.17) is 4.98 Å². The third-order valence-electron chi connectivity index (χ3n) is 5.97. The molecule has 0 radical (unpaired) electrons. The molecule has 3 aromatic heterocycles. The molecule has 0 aliphatic carbocycles. The summed E-state index contributed by atoms with van der Waals surface area (Å²) in [4.78, 5) is 45.2. The Bertz CT molecular complexity index is 1380. The lowest BCUT2D eigenvalue weighted by molar-refractivity contribution is 0.610. The van der Waals surface area contributed by atoms with E-state index in [1.54, 1.807) is 37.3 Å². The molecule has 10 nitrogen and oxygen atoms in total. The van der Waals surface area contributed by atoms with Crippen molar-refractivity contribution in [3.8, 4) is 0 Å². The van der Waals surface area contributed by atoms with Crippen molar-refractivity contribution in [1.82, 2.24) is 29.1 Å². The maximum absolute atomic E-state index is 12.8. The molecule has 1 fully saturated rings. The average molecular weight is 479 g/mol. The van der Waals surface area contributed by atoms with Gasteiger partial charge in [-0.15, -0.1) is 0 Å². The maximum Gasteiger partial charge on any atom is 0.329 e. The summed E-state index contributed by atoms with van der Waals surface area (Å²) in [7, 11) is 1.64. The molecule has 0 spiro atoms. The van der Waals surface area contributed by atoms with Crippen LogP contribution in [0.15, 0.2) is 63.5 Å². The predicted octanol–water partition coefficient (Wildman–Crippen LogP) is 1.72. The zero-order chi connectivity index (χ0) is 23.5. The molecule has 34 heavy (non-hydrogen) atoms. The van der Waals surface area contributed by atoms with E-state index in [1.165, 1.54) is 10.3 Å². The normalized spacial score (nSPS) is 14.1. The fourth-order valence-corrected chi connectivity index (χ4v) is 4.95. The van der Waals surface area contributed by atoms with E-state index in [0.29, 0.717) is 17.7 Å². The van der Waals surface area contributed by atoms with Crippen molar-refractivity contribution in [2.24, 2.45) is 7.05 Å². The van der Waals surface area contributed by atoms with Crippen LogP contribution in [0.5, 0.6) is 0 Å². The lowest BCUT2D eigenvalue weighted by atomic mass is 10.2. The second-order valence-corrected chi connectivity index (χ2v) is 9.16. The molecule has 1 saturated heterocycles. The van der Waals surface area contributed by atoms with Gasteiger partial charge in [0.1, 0.15) is 0 Å². The van der Waals surface area contributed by atoms with Gasteiger partial charge in [0.15, 0.2) is 16.3 Å². The molecule has 0 amide bonds. The summed E-state index contributed by atoms with van der Waals surface area (Å²) < 4.78 is 3.36. The lowest BCUT2D eigenvalue weighted by Crippen LogP contribution is -2.47. The number of anilines is 2. The van der Waals surface area contributed by atoms with Crippen LogP contribution in [0.3, 0.4) is 0 Å². The summed E-state index contributed by atoms with van der Waals surface area (Å²) >= 11 is 1.58. The molecular weight excluding hydrogens is 452 g/mol. The van der Waals surface area contributed by atoms with Gasteiger partial charge in [-0.25, -0.2) is 14.8 Å². The number of nitrogens with zero attached hydrogens (tertiary/aromatic N) is 7. The first-order valence-electron chi connectivity index (χ1n) is 11.3. The maximum atomic E-state index is 12.8. The Morgan fingerprint density at radius 2 is 1.68 bits per heavy atom. The number of nitrogens with one attached hydrogen (secondary N) is 1. The fraction of sp³-hybridized carbons (Fsp3) is 0.348. The minimum atomic E-state index is -0.459. The van der Waals surface area contributed by atoms with Gasteiger partial charge in [-0.3, -0.25) is 14.3 Å². The van der Waals surface area contributed by atoms with Crippen LogP contribution < -0.4 is 21.0 Å². The van der Waals surface area contributed by atoms with Gasteiger partial charge in [0.25, 0.3) is 5.56 Å². The number of thioether (sulfide) groups is 1. The van der Waals surface area contributed by atoms with Gasteiger partial charge in [-0.2, -0.15) is 4.98 Å². The van der Waals surface area contributed by atoms with Gasteiger partial charge in [0, 0.05) is 63.6 Å². The summed E-state index contributed by atoms with van der Waals surface area (Å²) in [6.07, 6.45) is 4.26. The van der Waals surface area contributed by atoms with Crippen LogP contribution in [0.25, 0.3) is 11.2 Å². The average Bonchev–Trinajstić information content (AvgIpc) is 3.27. The Morgan fingerprint density at radius 1 is 0.971 bits per heavy atom. The van der Waals surface area contributed by atoms with Crippen molar-refractivity contribution in [3.63, 3.8) is 0 Å². The number of fused-ring (bicyclic) bond motifs is 1. The van der Waals surface area contributed by atoms with Crippen LogP contribution in [-0.2, 0) is 13.6 Å². The van der Waals surface area contributed by atoms with Gasteiger partial charge in [-0.1, -0.05) is 30.0 Å². The first kappa shape index (κ1) is 22.2. The van der Waals surface area contributed by atoms with Crippen LogP contribution >= 0.6 is 11.8 Å². The number of para-hydroxylation sites is 1. The molecule has 5 rings (SSSR count). The first-order valence-corrected chi connectivity index (χ1v) is 12.2. The highest BCUT2D eigenvalue weighted by Crippen LogP contribution is 2.24. The van der Waals surface area contributed by atoms with Crippen molar-refractivity contribution in [2.75, 3.05) is 41.7 Å². The number of aryl methyl sites for hydroxylation is 2. The number of H-pyrrole nitrogens is 1. The van der Waals surface area contributed by atoms with Gasteiger partial charge >= 0.3 is 5.69 Å². The van der Waals surface area contributed by atoms with E-state index in [2.05, 4.69) is 36.9 Å². The molecule has 0 unspecified atom stereocenters. The molecule has 11 heteroatoms. The number of hydrogen-bond donors (Lipinski definition) is 1. The number of rotatable bonds is 7. The topological polar surface area (TPSA) is 105 Å². The summed E-state index contributed by atoms with van der Waals surface area (Å²) in [5.41, 5.74) is 1.18. The number of imidazole rings is 1. The largest absolute Gasteiger partial charge is 0.368 e. The number of aromatic amines is 1. The highest BCUT2D eigenvalue weighted by atomic mass is 32.2. The third kappa shape index (κ3) is 4.43. The van der Waals surface area contributed by atoms with Crippen molar-refractivity contribution >= 4 is 34.6 Å². The fourth-order valence-electron chi connectivity index (χ4n) is 4.23. The predicted molar refractivity (Wildman–Crippen MR) is 134 cm³/mol. The van der Waals surface area contributed by atoms with Gasteiger partial charge in [-0.05, 0) is 24.6 Å². The zero-order valence-electron chi connectivity index (χ0n) is 18.9.